The average Bonchev–Trinajstić information content (AvgIpc) is 2.53. The zero-order valence-corrected chi connectivity index (χ0v) is 12.6. The van der Waals surface area contributed by atoms with E-state index in [1.807, 2.05) is 43.1 Å². The molecule has 20 heavy (non-hydrogen) atoms. The number of carbonyl (C=O) groups is 1. The molecular weight excluding hydrogens is 252 g/mol. The fourth-order valence-electron chi connectivity index (χ4n) is 2.76. The van der Waals surface area contributed by atoms with Gasteiger partial charge in [-0.15, -0.1) is 0 Å². The largest absolute Gasteiger partial charge is 0.496 e. The van der Waals surface area contributed by atoms with Crippen molar-refractivity contribution in [2.24, 2.45) is 5.92 Å². The fourth-order valence-corrected chi connectivity index (χ4v) is 2.76. The van der Waals surface area contributed by atoms with Crippen molar-refractivity contribution in [3.63, 3.8) is 0 Å². The Bertz CT molecular complexity index is 456. The summed E-state index contributed by atoms with van der Waals surface area (Å²) in [7, 11) is 3.55. The number of nitrogens with one attached hydrogen (secondary N) is 1. The molecule has 0 bridgehead atoms. The van der Waals surface area contributed by atoms with E-state index in [1.165, 1.54) is 0 Å². The zero-order chi connectivity index (χ0) is 14.5. The third-order valence-electron chi connectivity index (χ3n) is 4.16. The molecule has 4 nitrogen and oxygen atoms in total. The molecule has 1 aliphatic rings. The Morgan fingerprint density at radius 1 is 1.45 bits per heavy atom. The van der Waals surface area contributed by atoms with Crippen LogP contribution in [0.1, 0.15) is 31.4 Å². The number of amides is 1. The number of ether oxygens (including phenoxy) is 1. The summed E-state index contributed by atoms with van der Waals surface area (Å²) >= 11 is 0. The molecule has 1 saturated heterocycles. The SMILES string of the molecule is COc1ccccc1C(C)N(C)C(=O)[C@@H]1CCCNC1. The normalized spacial score (nSPS) is 20.2. The molecule has 0 spiro atoms. The highest BCUT2D eigenvalue weighted by atomic mass is 16.5. The lowest BCUT2D eigenvalue weighted by Crippen LogP contribution is -2.42. The van der Waals surface area contributed by atoms with Crippen molar-refractivity contribution >= 4 is 5.91 Å². The lowest BCUT2D eigenvalue weighted by molar-refractivity contribution is -0.136. The Morgan fingerprint density at radius 3 is 2.85 bits per heavy atom. The first-order valence-electron chi connectivity index (χ1n) is 7.25. The second-order valence-corrected chi connectivity index (χ2v) is 5.41. The molecule has 2 atom stereocenters. The molecule has 1 N–H and O–H groups in total. The number of rotatable bonds is 4. The zero-order valence-electron chi connectivity index (χ0n) is 12.6. The van der Waals surface area contributed by atoms with Gasteiger partial charge in [-0.05, 0) is 32.4 Å². The number of carbonyl (C=O) groups excluding carboxylic acids is 1. The summed E-state index contributed by atoms with van der Waals surface area (Å²) in [5.41, 5.74) is 1.05. The number of methoxy groups -OCH3 is 1. The van der Waals surface area contributed by atoms with Gasteiger partial charge in [-0.3, -0.25) is 4.79 Å². The minimum absolute atomic E-state index is 0.0144. The van der Waals surface area contributed by atoms with Crippen LogP contribution < -0.4 is 10.1 Å². The van der Waals surface area contributed by atoms with Crippen molar-refractivity contribution in [1.29, 1.82) is 0 Å². The van der Waals surface area contributed by atoms with Crippen LogP contribution in [0.15, 0.2) is 24.3 Å². The van der Waals surface area contributed by atoms with E-state index >= 15 is 0 Å². The summed E-state index contributed by atoms with van der Waals surface area (Å²) in [5.74, 6) is 1.16. The van der Waals surface area contributed by atoms with Gasteiger partial charge in [0.1, 0.15) is 5.75 Å². The van der Waals surface area contributed by atoms with Crippen LogP contribution in [0, 0.1) is 5.92 Å². The molecule has 1 unspecified atom stereocenters. The molecule has 110 valence electrons. The quantitative estimate of drug-likeness (QED) is 0.917. The average molecular weight is 276 g/mol. The molecule has 1 heterocycles. The van der Waals surface area contributed by atoms with Crippen LogP contribution in [-0.2, 0) is 4.79 Å². The molecule has 0 saturated carbocycles. The summed E-state index contributed by atoms with van der Waals surface area (Å²) in [4.78, 5) is 14.4. The summed E-state index contributed by atoms with van der Waals surface area (Å²) in [5, 5.41) is 3.30. The Kier molecular flexibility index (Phi) is 5.01. The molecule has 2 rings (SSSR count). The van der Waals surface area contributed by atoms with E-state index in [-0.39, 0.29) is 17.9 Å². The first-order chi connectivity index (χ1) is 9.65. The molecule has 1 aromatic carbocycles. The van der Waals surface area contributed by atoms with Gasteiger partial charge in [0.15, 0.2) is 0 Å². The second kappa shape index (κ2) is 6.75. The van der Waals surface area contributed by atoms with Crippen LogP contribution in [0.4, 0.5) is 0 Å². The van der Waals surface area contributed by atoms with Crippen molar-refractivity contribution < 1.29 is 9.53 Å². The van der Waals surface area contributed by atoms with E-state index in [0.29, 0.717) is 0 Å². The van der Waals surface area contributed by atoms with Crippen molar-refractivity contribution in [1.82, 2.24) is 10.2 Å². The van der Waals surface area contributed by atoms with Crippen molar-refractivity contribution in [2.75, 3.05) is 27.2 Å². The number of hydrogen-bond acceptors (Lipinski definition) is 3. The van der Waals surface area contributed by atoms with Crippen molar-refractivity contribution in [3.05, 3.63) is 29.8 Å². The van der Waals surface area contributed by atoms with Crippen LogP contribution >= 0.6 is 0 Å². The maximum Gasteiger partial charge on any atom is 0.227 e. The monoisotopic (exact) mass is 276 g/mol. The lowest BCUT2D eigenvalue weighted by Gasteiger charge is -2.31. The molecule has 1 aromatic rings. The number of nitrogens with zero attached hydrogens (tertiary/aromatic N) is 1. The van der Waals surface area contributed by atoms with Crippen molar-refractivity contribution in [2.45, 2.75) is 25.8 Å². The predicted molar refractivity (Wildman–Crippen MR) is 79.8 cm³/mol. The van der Waals surface area contributed by atoms with Crippen LogP contribution in [0.3, 0.4) is 0 Å². The second-order valence-electron chi connectivity index (χ2n) is 5.41. The molecule has 4 heteroatoms. The van der Waals surface area contributed by atoms with E-state index in [1.54, 1.807) is 7.11 Å². The van der Waals surface area contributed by atoms with Crippen LogP contribution in [-0.4, -0.2) is 38.1 Å². The minimum Gasteiger partial charge on any atom is -0.496 e. The smallest absolute Gasteiger partial charge is 0.227 e. The molecule has 0 radical (unpaired) electrons. The molecule has 1 fully saturated rings. The summed E-state index contributed by atoms with van der Waals surface area (Å²) in [6.45, 7) is 3.86. The highest BCUT2D eigenvalue weighted by Gasteiger charge is 2.27. The maximum atomic E-state index is 12.6. The predicted octanol–water partition coefficient (Wildman–Crippen LogP) is 2.21. The highest BCUT2D eigenvalue weighted by molar-refractivity contribution is 5.79. The standard InChI is InChI=1S/C16H24N2O2/c1-12(14-8-4-5-9-15(14)20-3)18(2)16(19)13-7-6-10-17-11-13/h4-5,8-9,12-13,17H,6-7,10-11H2,1-3H3/t12?,13-/m1/s1. The van der Waals surface area contributed by atoms with Gasteiger partial charge in [0.05, 0.1) is 19.1 Å². The van der Waals surface area contributed by atoms with Gasteiger partial charge >= 0.3 is 0 Å². The number of benzene rings is 1. The highest BCUT2D eigenvalue weighted by Crippen LogP contribution is 2.29. The van der Waals surface area contributed by atoms with E-state index in [9.17, 15) is 4.79 Å². The van der Waals surface area contributed by atoms with Gasteiger partial charge in [-0.25, -0.2) is 0 Å². The Labute approximate surface area is 121 Å². The molecule has 1 aliphatic heterocycles. The maximum absolute atomic E-state index is 12.6. The number of hydrogen-bond donors (Lipinski definition) is 1. The lowest BCUT2D eigenvalue weighted by atomic mass is 9.96. The molecular formula is C16H24N2O2. The van der Waals surface area contributed by atoms with Crippen LogP contribution in [0.25, 0.3) is 0 Å². The van der Waals surface area contributed by atoms with Gasteiger partial charge < -0.3 is 15.0 Å². The van der Waals surface area contributed by atoms with Crippen LogP contribution in [0.5, 0.6) is 5.75 Å². The number of para-hydroxylation sites is 1. The van der Waals surface area contributed by atoms with Gasteiger partial charge in [0, 0.05) is 19.2 Å². The van der Waals surface area contributed by atoms with Gasteiger partial charge in [0.2, 0.25) is 5.91 Å². The summed E-state index contributed by atoms with van der Waals surface area (Å²) < 4.78 is 5.39. The van der Waals surface area contributed by atoms with E-state index < -0.39 is 0 Å². The minimum atomic E-state index is 0.0144. The third-order valence-corrected chi connectivity index (χ3v) is 4.16. The number of piperidine rings is 1. The molecule has 1 amide bonds. The molecule has 0 aliphatic carbocycles. The first kappa shape index (κ1) is 14.9. The van der Waals surface area contributed by atoms with E-state index in [4.69, 9.17) is 4.74 Å². The Morgan fingerprint density at radius 2 is 2.20 bits per heavy atom. The Hall–Kier alpha value is -1.55. The third kappa shape index (κ3) is 3.12. The van der Waals surface area contributed by atoms with E-state index in [2.05, 4.69) is 5.32 Å². The van der Waals surface area contributed by atoms with Crippen LogP contribution in [0.2, 0.25) is 0 Å². The molecule has 0 aromatic heterocycles. The van der Waals surface area contributed by atoms with Gasteiger partial charge in [0.25, 0.3) is 0 Å². The summed E-state index contributed by atoms with van der Waals surface area (Å²) in [6.07, 6.45) is 2.06. The fraction of sp³-hybridized carbons (Fsp3) is 0.562. The van der Waals surface area contributed by atoms with Gasteiger partial charge in [-0.2, -0.15) is 0 Å². The Balaban J connectivity index is 2.11. The first-order valence-corrected chi connectivity index (χ1v) is 7.25. The van der Waals surface area contributed by atoms with Crippen molar-refractivity contribution in [3.8, 4) is 5.75 Å². The van der Waals surface area contributed by atoms with Gasteiger partial charge in [-0.1, -0.05) is 18.2 Å². The van der Waals surface area contributed by atoms with E-state index in [0.717, 1.165) is 37.2 Å². The summed E-state index contributed by atoms with van der Waals surface area (Å²) in [6, 6.07) is 7.90. The topological polar surface area (TPSA) is 41.6 Å².